The van der Waals surface area contributed by atoms with E-state index in [1.807, 2.05) is 41.8 Å². The standard InChI is InChI=1S/C24H24N2O4S2/c1-3-13-25(17-19-8-6-15-31-19)24(27)21-16-20(10-11-23(21)30-2)32(28,29)26-14-12-18-7-4-5-9-22(18)26/h3-11,15-16H,1,12-14,17H2,2H3. The molecule has 4 rings (SSSR count). The van der Waals surface area contributed by atoms with Crippen LogP contribution in [0.5, 0.6) is 5.75 Å². The number of fused-ring (bicyclic) bond motifs is 1. The fourth-order valence-electron chi connectivity index (χ4n) is 3.84. The van der Waals surface area contributed by atoms with Crippen LogP contribution in [-0.2, 0) is 23.0 Å². The Morgan fingerprint density at radius 3 is 2.75 bits per heavy atom. The van der Waals surface area contributed by atoms with Crippen LogP contribution in [0.25, 0.3) is 0 Å². The van der Waals surface area contributed by atoms with Gasteiger partial charge in [-0.1, -0.05) is 30.3 Å². The van der Waals surface area contributed by atoms with Crippen molar-refractivity contribution in [2.24, 2.45) is 0 Å². The van der Waals surface area contributed by atoms with Crippen molar-refractivity contribution in [2.45, 2.75) is 17.9 Å². The van der Waals surface area contributed by atoms with Gasteiger partial charge >= 0.3 is 0 Å². The molecule has 32 heavy (non-hydrogen) atoms. The third-order valence-electron chi connectivity index (χ3n) is 5.40. The molecule has 0 aliphatic carbocycles. The normalized spacial score (nSPS) is 13.0. The van der Waals surface area contributed by atoms with Gasteiger partial charge in [0.15, 0.2) is 0 Å². The first-order valence-corrected chi connectivity index (χ1v) is 12.5. The van der Waals surface area contributed by atoms with Crippen LogP contribution >= 0.6 is 11.3 Å². The molecule has 1 aliphatic rings. The van der Waals surface area contributed by atoms with E-state index in [0.29, 0.717) is 37.5 Å². The number of carbonyl (C=O) groups excluding carboxylic acids is 1. The van der Waals surface area contributed by atoms with E-state index >= 15 is 0 Å². The third kappa shape index (κ3) is 4.16. The van der Waals surface area contributed by atoms with E-state index in [2.05, 4.69) is 6.58 Å². The van der Waals surface area contributed by atoms with Gasteiger partial charge in [-0.2, -0.15) is 0 Å². The van der Waals surface area contributed by atoms with Gasteiger partial charge in [0, 0.05) is 18.0 Å². The maximum absolute atomic E-state index is 13.5. The monoisotopic (exact) mass is 468 g/mol. The highest BCUT2D eigenvalue weighted by atomic mass is 32.2. The zero-order valence-corrected chi connectivity index (χ0v) is 19.4. The summed E-state index contributed by atoms with van der Waals surface area (Å²) in [5.41, 5.74) is 1.88. The first-order chi connectivity index (χ1) is 15.5. The summed E-state index contributed by atoms with van der Waals surface area (Å²) in [6, 6.07) is 15.8. The number of hydrogen-bond acceptors (Lipinski definition) is 5. The molecule has 8 heteroatoms. The molecule has 1 aromatic heterocycles. The van der Waals surface area contributed by atoms with Crippen LogP contribution in [0.1, 0.15) is 20.8 Å². The Hall–Kier alpha value is -3.10. The van der Waals surface area contributed by atoms with Crippen molar-refractivity contribution >= 4 is 33.0 Å². The van der Waals surface area contributed by atoms with Crippen molar-refractivity contribution in [3.05, 3.63) is 88.6 Å². The van der Waals surface area contributed by atoms with Crippen LogP contribution in [-0.4, -0.2) is 39.4 Å². The van der Waals surface area contributed by atoms with Gasteiger partial charge in [0.1, 0.15) is 5.75 Å². The quantitative estimate of drug-likeness (QED) is 0.462. The van der Waals surface area contributed by atoms with Crippen molar-refractivity contribution in [3.63, 3.8) is 0 Å². The molecule has 0 saturated carbocycles. The van der Waals surface area contributed by atoms with E-state index in [-0.39, 0.29) is 16.4 Å². The van der Waals surface area contributed by atoms with E-state index in [0.717, 1.165) is 10.4 Å². The molecule has 0 bridgehead atoms. The fraction of sp³-hybridized carbons (Fsp3) is 0.208. The second-order valence-corrected chi connectivity index (χ2v) is 10.3. The van der Waals surface area contributed by atoms with Crippen LogP contribution in [0.15, 0.2) is 77.5 Å². The average molecular weight is 469 g/mol. The molecule has 0 spiro atoms. The average Bonchev–Trinajstić information content (AvgIpc) is 3.48. The van der Waals surface area contributed by atoms with Gasteiger partial charge in [-0.25, -0.2) is 8.42 Å². The third-order valence-corrected chi connectivity index (χ3v) is 8.07. The van der Waals surface area contributed by atoms with Crippen molar-refractivity contribution in [2.75, 3.05) is 24.5 Å². The number of benzene rings is 2. The smallest absolute Gasteiger partial charge is 0.264 e. The molecule has 0 saturated heterocycles. The number of amides is 1. The summed E-state index contributed by atoms with van der Waals surface area (Å²) < 4.78 is 33.7. The van der Waals surface area contributed by atoms with Crippen LogP contribution in [0.2, 0.25) is 0 Å². The number of methoxy groups -OCH3 is 1. The van der Waals surface area contributed by atoms with Crippen molar-refractivity contribution in [1.82, 2.24) is 4.90 Å². The summed E-state index contributed by atoms with van der Waals surface area (Å²) in [5, 5.41) is 1.95. The van der Waals surface area contributed by atoms with Crippen molar-refractivity contribution in [3.8, 4) is 5.75 Å². The lowest BCUT2D eigenvalue weighted by atomic mass is 10.1. The molecule has 0 atom stereocenters. The van der Waals surface area contributed by atoms with Crippen LogP contribution in [0.4, 0.5) is 5.69 Å². The van der Waals surface area contributed by atoms with Gasteiger partial charge in [0.2, 0.25) is 0 Å². The topological polar surface area (TPSA) is 66.9 Å². The number of carbonyl (C=O) groups is 1. The minimum Gasteiger partial charge on any atom is -0.496 e. The lowest BCUT2D eigenvalue weighted by Gasteiger charge is -2.23. The Balaban J connectivity index is 1.71. The van der Waals surface area contributed by atoms with Crippen molar-refractivity contribution in [1.29, 1.82) is 0 Å². The Morgan fingerprint density at radius 1 is 1.22 bits per heavy atom. The summed E-state index contributed by atoms with van der Waals surface area (Å²) in [4.78, 5) is 16.1. The van der Waals surface area contributed by atoms with Gasteiger partial charge < -0.3 is 9.64 Å². The van der Waals surface area contributed by atoms with E-state index in [1.165, 1.54) is 23.5 Å². The molecule has 166 valence electrons. The second kappa shape index (κ2) is 9.18. The molecule has 1 amide bonds. The predicted molar refractivity (Wildman–Crippen MR) is 127 cm³/mol. The number of nitrogens with zero attached hydrogens (tertiary/aromatic N) is 2. The van der Waals surface area contributed by atoms with Crippen LogP contribution in [0.3, 0.4) is 0 Å². The SMILES string of the molecule is C=CCN(Cc1cccs1)C(=O)c1cc(S(=O)(=O)N2CCc3ccccc32)ccc1OC. The molecule has 2 heterocycles. The van der Waals surface area contributed by atoms with Gasteiger partial charge in [-0.3, -0.25) is 9.10 Å². The summed E-state index contributed by atoms with van der Waals surface area (Å²) in [7, 11) is -2.37. The highest BCUT2D eigenvalue weighted by Gasteiger charge is 2.32. The molecule has 1 aliphatic heterocycles. The Bertz CT molecular complexity index is 1240. The number of anilines is 1. The Morgan fingerprint density at radius 2 is 2.03 bits per heavy atom. The maximum atomic E-state index is 13.5. The molecule has 3 aromatic rings. The van der Waals surface area contributed by atoms with Crippen LogP contribution < -0.4 is 9.04 Å². The number of para-hydroxylation sites is 1. The van der Waals surface area contributed by atoms with E-state index in [9.17, 15) is 13.2 Å². The lowest BCUT2D eigenvalue weighted by molar-refractivity contribution is 0.0760. The highest BCUT2D eigenvalue weighted by molar-refractivity contribution is 7.92. The molecular weight excluding hydrogens is 444 g/mol. The van der Waals surface area contributed by atoms with E-state index in [4.69, 9.17) is 4.74 Å². The van der Waals surface area contributed by atoms with Gasteiger partial charge in [0.25, 0.3) is 15.9 Å². The molecule has 6 nitrogen and oxygen atoms in total. The molecule has 0 fully saturated rings. The van der Waals surface area contributed by atoms with Gasteiger partial charge in [-0.05, 0) is 47.7 Å². The number of ether oxygens (including phenoxy) is 1. The Kier molecular flexibility index (Phi) is 6.34. The molecule has 0 N–H and O–H groups in total. The zero-order valence-electron chi connectivity index (χ0n) is 17.7. The summed E-state index contributed by atoms with van der Waals surface area (Å²) in [6.07, 6.45) is 2.31. The molecule has 2 aromatic carbocycles. The predicted octanol–water partition coefficient (Wildman–Crippen LogP) is 4.34. The Labute approximate surface area is 192 Å². The van der Waals surface area contributed by atoms with E-state index < -0.39 is 10.0 Å². The number of hydrogen-bond donors (Lipinski definition) is 0. The molecule has 0 radical (unpaired) electrons. The minimum atomic E-state index is -3.83. The number of thiophene rings is 1. The molecule has 0 unspecified atom stereocenters. The second-order valence-electron chi connectivity index (χ2n) is 7.37. The zero-order chi connectivity index (χ0) is 22.7. The van der Waals surface area contributed by atoms with Crippen molar-refractivity contribution < 1.29 is 17.9 Å². The van der Waals surface area contributed by atoms with Crippen LogP contribution in [0, 0.1) is 0 Å². The first kappa shape index (κ1) is 22.1. The highest BCUT2D eigenvalue weighted by Crippen LogP contribution is 2.34. The largest absolute Gasteiger partial charge is 0.496 e. The summed E-state index contributed by atoms with van der Waals surface area (Å²) in [6.45, 7) is 4.86. The fourth-order valence-corrected chi connectivity index (χ4v) is 6.09. The summed E-state index contributed by atoms with van der Waals surface area (Å²) in [5.74, 6) is 0.0186. The number of rotatable bonds is 8. The maximum Gasteiger partial charge on any atom is 0.264 e. The van der Waals surface area contributed by atoms with Gasteiger partial charge in [0.05, 0.1) is 29.8 Å². The van der Waals surface area contributed by atoms with E-state index in [1.54, 1.807) is 28.4 Å². The summed E-state index contributed by atoms with van der Waals surface area (Å²) >= 11 is 1.56. The molecular formula is C24H24N2O4S2. The number of sulfonamides is 1. The lowest BCUT2D eigenvalue weighted by Crippen LogP contribution is -2.32. The minimum absolute atomic E-state index is 0.0630. The van der Waals surface area contributed by atoms with Gasteiger partial charge in [-0.15, -0.1) is 17.9 Å². The first-order valence-electron chi connectivity index (χ1n) is 10.2.